The molecule has 3 nitrogen and oxygen atoms in total. The summed E-state index contributed by atoms with van der Waals surface area (Å²) in [6, 6.07) is 12.5. The number of hydrogen-bond acceptors (Lipinski definition) is 2. The molecule has 0 fully saturated rings. The van der Waals surface area contributed by atoms with Crippen LogP contribution in [0.15, 0.2) is 36.4 Å². The molecule has 19 heavy (non-hydrogen) atoms. The first-order valence-electron chi connectivity index (χ1n) is 6.39. The van der Waals surface area contributed by atoms with Crippen LogP contribution in [0.4, 0.5) is 5.95 Å². The maximum Gasteiger partial charge on any atom is 0.205 e. The molecule has 3 heteroatoms. The summed E-state index contributed by atoms with van der Waals surface area (Å²) < 4.78 is 2.01. The van der Waals surface area contributed by atoms with Crippen molar-refractivity contribution < 1.29 is 0 Å². The molecule has 3 rings (SSSR count). The summed E-state index contributed by atoms with van der Waals surface area (Å²) in [6.07, 6.45) is 0. The Bertz CT molecular complexity index is 769. The molecule has 0 spiro atoms. The third kappa shape index (κ3) is 1.78. The van der Waals surface area contributed by atoms with Crippen molar-refractivity contribution in [2.24, 2.45) is 0 Å². The van der Waals surface area contributed by atoms with Gasteiger partial charge in [0.2, 0.25) is 5.95 Å². The molecule has 0 aliphatic heterocycles. The van der Waals surface area contributed by atoms with Crippen molar-refractivity contribution in [3.8, 4) is 5.69 Å². The van der Waals surface area contributed by atoms with Gasteiger partial charge in [-0.3, -0.25) is 4.57 Å². The van der Waals surface area contributed by atoms with Crippen LogP contribution < -0.4 is 5.73 Å². The Morgan fingerprint density at radius 3 is 2.47 bits per heavy atom. The van der Waals surface area contributed by atoms with E-state index >= 15 is 0 Å². The van der Waals surface area contributed by atoms with Gasteiger partial charge in [-0.25, -0.2) is 4.98 Å². The molecule has 1 aromatic heterocycles. The van der Waals surface area contributed by atoms with Gasteiger partial charge in [0.1, 0.15) is 0 Å². The molecule has 2 N–H and O–H groups in total. The van der Waals surface area contributed by atoms with Crippen molar-refractivity contribution in [3.05, 3.63) is 53.1 Å². The Labute approximate surface area is 112 Å². The topological polar surface area (TPSA) is 43.8 Å². The van der Waals surface area contributed by atoms with E-state index in [2.05, 4.69) is 56.1 Å². The average Bonchev–Trinajstić information content (AvgIpc) is 2.71. The predicted octanol–water partition coefficient (Wildman–Crippen LogP) is 3.53. The summed E-state index contributed by atoms with van der Waals surface area (Å²) in [6.45, 7) is 6.28. The second kappa shape index (κ2) is 4.12. The minimum Gasteiger partial charge on any atom is -0.369 e. The molecule has 0 amide bonds. The highest BCUT2D eigenvalue weighted by atomic mass is 15.2. The van der Waals surface area contributed by atoms with Gasteiger partial charge in [-0.05, 0) is 55.7 Å². The number of hydrogen-bond donors (Lipinski definition) is 1. The van der Waals surface area contributed by atoms with E-state index < -0.39 is 0 Å². The Morgan fingerprint density at radius 1 is 0.947 bits per heavy atom. The third-order valence-electron chi connectivity index (χ3n) is 3.66. The largest absolute Gasteiger partial charge is 0.369 e. The quantitative estimate of drug-likeness (QED) is 0.719. The molecule has 1 heterocycles. The Morgan fingerprint density at radius 2 is 1.74 bits per heavy atom. The second-order valence-electron chi connectivity index (χ2n) is 5.02. The Hall–Kier alpha value is -2.29. The molecule has 0 saturated carbocycles. The van der Waals surface area contributed by atoms with Crippen molar-refractivity contribution in [1.29, 1.82) is 0 Å². The SMILES string of the molecule is Cc1ccc(-n2c(N)nc3c(C)cccc32)cc1C. The van der Waals surface area contributed by atoms with E-state index in [1.54, 1.807) is 0 Å². The number of nitrogens with two attached hydrogens (primary N) is 1. The number of fused-ring (bicyclic) bond motifs is 1. The lowest BCUT2D eigenvalue weighted by Crippen LogP contribution is -2.01. The van der Waals surface area contributed by atoms with Crippen molar-refractivity contribution in [2.75, 3.05) is 5.73 Å². The van der Waals surface area contributed by atoms with Crippen LogP contribution in [-0.2, 0) is 0 Å². The van der Waals surface area contributed by atoms with Gasteiger partial charge in [-0.2, -0.15) is 0 Å². The van der Waals surface area contributed by atoms with Gasteiger partial charge in [0.05, 0.1) is 11.0 Å². The van der Waals surface area contributed by atoms with Crippen LogP contribution in [0.3, 0.4) is 0 Å². The van der Waals surface area contributed by atoms with Gasteiger partial charge in [-0.1, -0.05) is 18.2 Å². The number of aromatic nitrogens is 2. The molecule has 0 atom stereocenters. The van der Waals surface area contributed by atoms with E-state index in [0.717, 1.165) is 22.3 Å². The Balaban J connectivity index is 2.33. The van der Waals surface area contributed by atoms with E-state index in [4.69, 9.17) is 5.73 Å². The highest BCUT2D eigenvalue weighted by Crippen LogP contribution is 2.26. The van der Waals surface area contributed by atoms with Crippen LogP contribution in [0.2, 0.25) is 0 Å². The highest BCUT2D eigenvalue weighted by molar-refractivity contribution is 5.83. The second-order valence-corrected chi connectivity index (χ2v) is 5.02. The predicted molar refractivity (Wildman–Crippen MR) is 79.7 cm³/mol. The van der Waals surface area contributed by atoms with Crippen molar-refractivity contribution in [2.45, 2.75) is 20.8 Å². The zero-order chi connectivity index (χ0) is 13.6. The van der Waals surface area contributed by atoms with Crippen LogP contribution >= 0.6 is 0 Å². The fourth-order valence-corrected chi connectivity index (χ4v) is 2.39. The molecular formula is C16H17N3. The van der Waals surface area contributed by atoms with Crippen molar-refractivity contribution in [3.63, 3.8) is 0 Å². The normalized spacial score (nSPS) is 11.1. The number of imidazole rings is 1. The molecule has 96 valence electrons. The maximum absolute atomic E-state index is 6.09. The molecule has 0 radical (unpaired) electrons. The van der Waals surface area contributed by atoms with Gasteiger partial charge in [0.15, 0.2) is 0 Å². The van der Waals surface area contributed by atoms with E-state index in [-0.39, 0.29) is 0 Å². The van der Waals surface area contributed by atoms with Crippen LogP contribution in [0.25, 0.3) is 16.7 Å². The summed E-state index contributed by atoms with van der Waals surface area (Å²) in [5.41, 5.74) is 12.9. The molecule has 2 aromatic carbocycles. The summed E-state index contributed by atoms with van der Waals surface area (Å²) in [4.78, 5) is 4.48. The fraction of sp³-hybridized carbons (Fsp3) is 0.188. The first-order valence-corrected chi connectivity index (χ1v) is 6.39. The molecule has 0 unspecified atom stereocenters. The molecule has 0 bridgehead atoms. The molecular weight excluding hydrogens is 234 g/mol. The number of rotatable bonds is 1. The van der Waals surface area contributed by atoms with Crippen LogP contribution in [0, 0.1) is 20.8 Å². The molecule has 0 aliphatic rings. The van der Waals surface area contributed by atoms with Crippen molar-refractivity contribution >= 4 is 17.0 Å². The zero-order valence-corrected chi connectivity index (χ0v) is 11.4. The number of benzene rings is 2. The minimum absolute atomic E-state index is 0.535. The van der Waals surface area contributed by atoms with Crippen LogP contribution in [-0.4, -0.2) is 9.55 Å². The zero-order valence-electron chi connectivity index (χ0n) is 11.4. The summed E-state index contributed by atoms with van der Waals surface area (Å²) in [5, 5.41) is 0. The van der Waals surface area contributed by atoms with Gasteiger partial charge >= 0.3 is 0 Å². The van der Waals surface area contributed by atoms with Crippen molar-refractivity contribution in [1.82, 2.24) is 9.55 Å². The summed E-state index contributed by atoms with van der Waals surface area (Å²) in [5.74, 6) is 0.535. The number of aryl methyl sites for hydroxylation is 3. The molecule has 0 aliphatic carbocycles. The maximum atomic E-state index is 6.09. The van der Waals surface area contributed by atoms with Gasteiger partial charge < -0.3 is 5.73 Å². The number of anilines is 1. The average molecular weight is 251 g/mol. The van der Waals surface area contributed by atoms with E-state index in [9.17, 15) is 0 Å². The van der Waals surface area contributed by atoms with Gasteiger partial charge in [-0.15, -0.1) is 0 Å². The first kappa shape index (κ1) is 11.8. The number of nitrogen functional groups attached to an aromatic ring is 1. The van der Waals surface area contributed by atoms with Crippen LogP contribution in [0.5, 0.6) is 0 Å². The monoisotopic (exact) mass is 251 g/mol. The number of nitrogens with zero attached hydrogens (tertiary/aromatic N) is 2. The van der Waals surface area contributed by atoms with E-state index in [0.29, 0.717) is 5.95 Å². The summed E-state index contributed by atoms with van der Waals surface area (Å²) >= 11 is 0. The summed E-state index contributed by atoms with van der Waals surface area (Å²) in [7, 11) is 0. The van der Waals surface area contributed by atoms with Crippen LogP contribution in [0.1, 0.15) is 16.7 Å². The minimum atomic E-state index is 0.535. The van der Waals surface area contributed by atoms with Gasteiger partial charge in [0, 0.05) is 5.69 Å². The molecule has 0 saturated heterocycles. The highest BCUT2D eigenvalue weighted by Gasteiger charge is 2.11. The first-order chi connectivity index (χ1) is 9.08. The lowest BCUT2D eigenvalue weighted by molar-refractivity contribution is 1.10. The van der Waals surface area contributed by atoms with E-state index in [1.807, 2.05) is 10.6 Å². The smallest absolute Gasteiger partial charge is 0.205 e. The third-order valence-corrected chi connectivity index (χ3v) is 3.66. The van der Waals surface area contributed by atoms with Gasteiger partial charge in [0.25, 0.3) is 0 Å². The Kier molecular flexibility index (Phi) is 2.56. The van der Waals surface area contributed by atoms with E-state index in [1.165, 1.54) is 11.1 Å². The standard InChI is InChI=1S/C16H17N3/c1-10-7-8-13(9-12(10)3)19-14-6-4-5-11(2)15(14)18-16(19)17/h4-9H,1-3H3,(H2,17,18). The molecule has 3 aromatic rings. The fourth-order valence-electron chi connectivity index (χ4n) is 2.39. The number of para-hydroxylation sites is 1. The lowest BCUT2D eigenvalue weighted by atomic mass is 10.1. The lowest BCUT2D eigenvalue weighted by Gasteiger charge is -2.09.